The highest BCUT2D eigenvalue weighted by Crippen LogP contribution is 2.18. The first-order chi connectivity index (χ1) is 13.3. The second kappa shape index (κ2) is 10.1. The van der Waals surface area contributed by atoms with Crippen molar-refractivity contribution in [2.24, 2.45) is 0 Å². The number of nitrogens with one attached hydrogen (secondary N) is 1. The van der Waals surface area contributed by atoms with Gasteiger partial charge in [0.15, 0.2) is 9.84 Å². The zero-order chi connectivity index (χ0) is 20.6. The number of hydrogen-bond acceptors (Lipinski definition) is 6. The third kappa shape index (κ3) is 6.83. The smallest absolute Gasteiger partial charge is 0.330 e. The van der Waals surface area contributed by atoms with E-state index in [1.54, 1.807) is 42.2 Å². The summed E-state index contributed by atoms with van der Waals surface area (Å²) in [4.78, 5) is 25.4. The largest absolute Gasteiger partial charge is 0.463 e. The van der Waals surface area contributed by atoms with Crippen LogP contribution in [0.15, 0.2) is 30.3 Å². The van der Waals surface area contributed by atoms with Crippen LogP contribution in [0, 0.1) is 12.3 Å². The molecule has 0 saturated carbocycles. The van der Waals surface area contributed by atoms with E-state index in [4.69, 9.17) is 11.2 Å². The van der Waals surface area contributed by atoms with Crippen LogP contribution in [0.1, 0.15) is 18.9 Å². The Kier molecular flexibility index (Phi) is 7.79. The minimum atomic E-state index is -3.05. The van der Waals surface area contributed by atoms with E-state index in [2.05, 4.69) is 11.2 Å². The molecule has 1 aliphatic heterocycles. The molecule has 1 aromatic rings. The Labute approximate surface area is 165 Å². The number of benzene rings is 1. The molecule has 2 rings (SSSR count). The van der Waals surface area contributed by atoms with Crippen LogP contribution in [0.3, 0.4) is 0 Å². The van der Waals surface area contributed by atoms with Gasteiger partial charge in [-0.05, 0) is 37.1 Å². The molecular formula is C20H24N2O5S. The van der Waals surface area contributed by atoms with Gasteiger partial charge in [0, 0.05) is 17.8 Å². The topological polar surface area (TPSA) is 92.8 Å². The van der Waals surface area contributed by atoms with Crippen molar-refractivity contribution in [1.82, 2.24) is 4.90 Å². The minimum absolute atomic E-state index is 0.0227. The summed E-state index contributed by atoms with van der Waals surface area (Å²) in [6.07, 6.45) is 8.81. The van der Waals surface area contributed by atoms with Gasteiger partial charge in [-0.2, -0.15) is 0 Å². The Morgan fingerprint density at radius 3 is 2.64 bits per heavy atom. The molecule has 0 radical (unpaired) electrons. The van der Waals surface area contributed by atoms with Crippen LogP contribution in [0.4, 0.5) is 5.69 Å². The number of rotatable bonds is 8. The molecule has 1 atom stereocenters. The van der Waals surface area contributed by atoms with Crippen molar-refractivity contribution in [1.29, 1.82) is 0 Å². The van der Waals surface area contributed by atoms with Gasteiger partial charge in [-0.15, -0.1) is 6.42 Å². The summed E-state index contributed by atoms with van der Waals surface area (Å²) in [6, 6.07) is 6.72. The van der Waals surface area contributed by atoms with Gasteiger partial charge < -0.3 is 10.1 Å². The maximum absolute atomic E-state index is 12.3. The molecule has 0 bridgehead atoms. The summed E-state index contributed by atoms with van der Waals surface area (Å²) in [7, 11) is -3.05. The predicted molar refractivity (Wildman–Crippen MR) is 108 cm³/mol. The molecule has 0 aromatic heterocycles. The summed E-state index contributed by atoms with van der Waals surface area (Å²) in [5.74, 6) is 1.96. The fourth-order valence-corrected chi connectivity index (χ4v) is 4.67. The third-order valence-electron chi connectivity index (χ3n) is 4.26. The van der Waals surface area contributed by atoms with E-state index in [9.17, 15) is 18.0 Å². The summed E-state index contributed by atoms with van der Waals surface area (Å²) in [5.41, 5.74) is 1.38. The lowest BCUT2D eigenvalue weighted by Crippen LogP contribution is -2.41. The highest BCUT2D eigenvalue weighted by molar-refractivity contribution is 7.91. The number of carbonyl (C=O) groups excluding carboxylic acids is 2. The van der Waals surface area contributed by atoms with Crippen molar-refractivity contribution in [3.8, 4) is 12.3 Å². The van der Waals surface area contributed by atoms with Gasteiger partial charge in [-0.25, -0.2) is 13.2 Å². The molecule has 1 fully saturated rings. The molecule has 1 aromatic carbocycles. The molecule has 7 nitrogen and oxygen atoms in total. The molecule has 28 heavy (non-hydrogen) atoms. The maximum atomic E-state index is 12.3. The van der Waals surface area contributed by atoms with Crippen LogP contribution in [0.2, 0.25) is 0 Å². The van der Waals surface area contributed by atoms with Crippen molar-refractivity contribution >= 4 is 33.5 Å². The molecule has 1 unspecified atom stereocenters. The SMILES string of the molecule is C#CCN(CC(=O)Nc1ccc(/C=C/C(=O)OCC)cc1)C1CCS(=O)(=O)C1. The lowest BCUT2D eigenvalue weighted by molar-refractivity contribution is -0.137. The summed E-state index contributed by atoms with van der Waals surface area (Å²) in [6.45, 7) is 2.29. The molecule has 1 aliphatic rings. The first kappa shape index (κ1) is 21.7. The number of ether oxygens (including phenoxy) is 1. The zero-order valence-corrected chi connectivity index (χ0v) is 16.6. The summed E-state index contributed by atoms with van der Waals surface area (Å²) >= 11 is 0. The van der Waals surface area contributed by atoms with Crippen molar-refractivity contribution in [3.63, 3.8) is 0 Å². The lowest BCUT2D eigenvalue weighted by Gasteiger charge is -2.25. The Morgan fingerprint density at radius 2 is 2.07 bits per heavy atom. The standard InChI is InChI=1S/C20H24N2O5S/c1-3-12-22(18-11-13-28(25,26)15-18)14-19(23)21-17-8-5-16(6-9-17)7-10-20(24)27-4-2/h1,5-10,18H,4,11-15H2,2H3,(H,21,23)/b10-7+. The fourth-order valence-electron chi connectivity index (χ4n) is 2.91. The van der Waals surface area contributed by atoms with Crippen molar-refractivity contribution < 1.29 is 22.7 Å². The van der Waals surface area contributed by atoms with Crippen LogP contribution in [-0.4, -0.2) is 62.4 Å². The van der Waals surface area contributed by atoms with E-state index in [1.807, 2.05) is 0 Å². The van der Waals surface area contributed by atoms with E-state index in [1.165, 1.54) is 6.08 Å². The van der Waals surface area contributed by atoms with Crippen LogP contribution in [0.5, 0.6) is 0 Å². The van der Waals surface area contributed by atoms with Crippen molar-refractivity contribution in [2.45, 2.75) is 19.4 Å². The van der Waals surface area contributed by atoms with E-state index in [0.717, 1.165) is 5.56 Å². The monoisotopic (exact) mass is 404 g/mol. The fraction of sp³-hybridized carbons (Fsp3) is 0.400. The molecule has 1 heterocycles. The molecule has 150 valence electrons. The summed E-state index contributed by atoms with van der Waals surface area (Å²) in [5, 5.41) is 2.77. The number of esters is 1. The second-order valence-corrected chi connectivity index (χ2v) is 8.65. The van der Waals surface area contributed by atoms with E-state index < -0.39 is 15.8 Å². The van der Waals surface area contributed by atoms with Crippen molar-refractivity contribution in [2.75, 3.05) is 36.5 Å². The van der Waals surface area contributed by atoms with Crippen LogP contribution >= 0.6 is 0 Å². The number of hydrogen-bond donors (Lipinski definition) is 1. The number of amides is 1. The van der Waals surface area contributed by atoms with Gasteiger partial charge >= 0.3 is 5.97 Å². The van der Waals surface area contributed by atoms with Crippen molar-refractivity contribution in [3.05, 3.63) is 35.9 Å². The first-order valence-electron chi connectivity index (χ1n) is 8.95. The highest BCUT2D eigenvalue weighted by Gasteiger charge is 2.32. The maximum Gasteiger partial charge on any atom is 0.330 e. The average Bonchev–Trinajstić information content (AvgIpc) is 3.01. The van der Waals surface area contributed by atoms with Gasteiger partial charge in [0.05, 0.1) is 31.2 Å². The van der Waals surface area contributed by atoms with Crippen LogP contribution in [0.25, 0.3) is 6.08 Å². The molecule has 1 N–H and O–H groups in total. The Morgan fingerprint density at radius 1 is 1.36 bits per heavy atom. The zero-order valence-electron chi connectivity index (χ0n) is 15.8. The van der Waals surface area contributed by atoms with Gasteiger partial charge in [0.25, 0.3) is 0 Å². The van der Waals surface area contributed by atoms with Crippen LogP contribution < -0.4 is 5.32 Å². The molecular weight excluding hydrogens is 380 g/mol. The first-order valence-corrected chi connectivity index (χ1v) is 10.8. The molecule has 1 saturated heterocycles. The van der Waals surface area contributed by atoms with Crippen LogP contribution in [-0.2, 0) is 24.2 Å². The number of anilines is 1. The highest BCUT2D eigenvalue weighted by atomic mass is 32.2. The summed E-state index contributed by atoms with van der Waals surface area (Å²) < 4.78 is 28.2. The molecule has 0 spiro atoms. The van der Waals surface area contributed by atoms with Gasteiger partial charge in [0.2, 0.25) is 5.91 Å². The third-order valence-corrected chi connectivity index (χ3v) is 6.01. The van der Waals surface area contributed by atoms with E-state index in [0.29, 0.717) is 18.7 Å². The quantitative estimate of drug-likeness (QED) is 0.399. The minimum Gasteiger partial charge on any atom is -0.463 e. The number of terminal acetylenes is 1. The lowest BCUT2D eigenvalue weighted by atomic mass is 10.2. The molecule has 8 heteroatoms. The Hall–Kier alpha value is -2.63. The Balaban J connectivity index is 1.92. The number of carbonyl (C=O) groups is 2. The van der Waals surface area contributed by atoms with Gasteiger partial charge in [-0.1, -0.05) is 18.1 Å². The van der Waals surface area contributed by atoms with Gasteiger partial charge in [-0.3, -0.25) is 9.69 Å². The average molecular weight is 404 g/mol. The van der Waals surface area contributed by atoms with Gasteiger partial charge in [0.1, 0.15) is 0 Å². The second-order valence-electron chi connectivity index (χ2n) is 6.42. The van der Waals surface area contributed by atoms with E-state index in [-0.39, 0.29) is 36.5 Å². The normalized spacial score (nSPS) is 18.1. The predicted octanol–water partition coefficient (Wildman–Crippen LogP) is 1.32. The number of nitrogens with zero attached hydrogens (tertiary/aromatic N) is 1. The molecule has 1 amide bonds. The molecule has 0 aliphatic carbocycles. The van der Waals surface area contributed by atoms with E-state index >= 15 is 0 Å². The Bertz CT molecular complexity index is 869. The number of sulfone groups is 1.